The summed E-state index contributed by atoms with van der Waals surface area (Å²) in [6.45, 7) is 6.01. The first-order chi connectivity index (χ1) is 17.9. The second-order valence-corrected chi connectivity index (χ2v) is 8.70. The number of ketones is 1. The zero-order valence-corrected chi connectivity index (χ0v) is 22.4. The second kappa shape index (κ2) is 13.7. The highest BCUT2D eigenvalue weighted by Crippen LogP contribution is 2.37. The Morgan fingerprint density at radius 2 is 1.62 bits per heavy atom. The lowest BCUT2D eigenvalue weighted by atomic mass is 9.99. The van der Waals surface area contributed by atoms with E-state index < -0.39 is 5.97 Å². The highest BCUT2D eigenvalue weighted by molar-refractivity contribution is 7.13. The number of carbonyl (C=O) groups is 2. The van der Waals surface area contributed by atoms with Gasteiger partial charge in [-0.1, -0.05) is 0 Å². The fourth-order valence-electron chi connectivity index (χ4n) is 3.59. The van der Waals surface area contributed by atoms with Crippen LogP contribution in [0, 0.1) is 0 Å². The largest absolute Gasteiger partial charge is 0.490 e. The number of thiazole rings is 1. The molecule has 1 heterocycles. The van der Waals surface area contributed by atoms with Gasteiger partial charge in [-0.25, -0.2) is 9.78 Å². The summed E-state index contributed by atoms with van der Waals surface area (Å²) in [6.07, 6.45) is 0.0606. The number of rotatable bonds is 14. The minimum atomic E-state index is -0.650. The van der Waals surface area contributed by atoms with E-state index in [1.807, 2.05) is 37.4 Å². The Kier molecular flexibility index (Phi) is 10.4. The Hall–Kier alpha value is -3.47. The molecule has 0 aliphatic carbocycles. The van der Waals surface area contributed by atoms with Gasteiger partial charge >= 0.3 is 5.97 Å². The van der Waals surface area contributed by atoms with Gasteiger partial charge in [0, 0.05) is 42.7 Å². The number of benzene rings is 2. The molecule has 0 atom stereocenters. The van der Waals surface area contributed by atoms with E-state index in [1.54, 1.807) is 12.1 Å². The van der Waals surface area contributed by atoms with E-state index in [9.17, 15) is 9.59 Å². The van der Waals surface area contributed by atoms with Gasteiger partial charge in [0.1, 0.15) is 22.1 Å². The second-order valence-electron chi connectivity index (χ2n) is 7.85. The van der Waals surface area contributed by atoms with E-state index in [2.05, 4.69) is 0 Å². The molecule has 0 aliphatic rings. The fraction of sp³-hybridized carbons (Fsp3) is 0.370. The average Bonchev–Trinajstić information content (AvgIpc) is 3.37. The van der Waals surface area contributed by atoms with Crippen molar-refractivity contribution in [2.45, 2.75) is 27.2 Å². The van der Waals surface area contributed by atoms with Crippen LogP contribution in [0.1, 0.15) is 36.7 Å². The van der Waals surface area contributed by atoms with E-state index >= 15 is 0 Å². The number of nitrogens with zero attached hydrogens (tertiary/aromatic N) is 1. The molecule has 0 aliphatic heterocycles. The molecule has 37 heavy (non-hydrogen) atoms. The summed E-state index contributed by atoms with van der Waals surface area (Å²) in [6, 6.07) is 9.11. The quantitative estimate of drug-likeness (QED) is 0.207. The molecule has 0 saturated heterocycles. The summed E-state index contributed by atoms with van der Waals surface area (Å²) in [4.78, 5) is 29.7. The molecule has 0 bridgehead atoms. The van der Waals surface area contributed by atoms with Gasteiger partial charge < -0.3 is 28.4 Å². The normalized spacial score (nSPS) is 10.7. The SMILES string of the molecule is CCOc1ccc(-c2nc(-c3cc(CC(C)=O)c(OCOC)c(C(=O)OCOC)c3)cs2)cc1OCC. The number of methoxy groups -OCH3 is 2. The zero-order chi connectivity index (χ0) is 26.8. The number of Topliss-reactive ketones (excluding diaryl/α,β-unsaturated/α-hetero) is 1. The van der Waals surface area contributed by atoms with Crippen LogP contribution in [0.25, 0.3) is 21.8 Å². The van der Waals surface area contributed by atoms with Gasteiger partial charge in [-0.05, 0) is 51.1 Å². The summed E-state index contributed by atoms with van der Waals surface area (Å²) >= 11 is 1.45. The first kappa shape index (κ1) is 28.1. The molecule has 0 saturated carbocycles. The standard InChI is InChI=1S/C27H31NO8S/c1-6-33-23-9-8-18(13-24(23)34-7-2)26-28-22(14-37-26)19-11-20(10-17(3)29)25(35-15-31-4)21(12-19)27(30)36-16-32-5/h8-9,11-14H,6-7,10,15-16H2,1-5H3. The van der Waals surface area contributed by atoms with Crippen molar-refractivity contribution in [3.05, 3.63) is 46.8 Å². The van der Waals surface area contributed by atoms with Gasteiger partial charge in [-0.3, -0.25) is 4.79 Å². The predicted octanol–water partition coefficient (Wildman–Crippen LogP) is 5.15. The molecular formula is C27H31NO8S. The third-order valence-electron chi connectivity index (χ3n) is 5.04. The van der Waals surface area contributed by atoms with Crippen LogP contribution in [0.5, 0.6) is 17.2 Å². The summed E-state index contributed by atoms with van der Waals surface area (Å²) < 4.78 is 32.2. The van der Waals surface area contributed by atoms with Gasteiger partial charge in [0.15, 0.2) is 25.1 Å². The topological polar surface area (TPSA) is 102 Å². The maximum Gasteiger partial charge on any atom is 0.344 e. The molecule has 10 heteroatoms. The molecule has 2 aromatic carbocycles. The van der Waals surface area contributed by atoms with E-state index in [0.29, 0.717) is 41.5 Å². The van der Waals surface area contributed by atoms with Gasteiger partial charge in [0.25, 0.3) is 0 Å². The summed E-state index contributed by atoms with van der Waals surface area (Å²) in [5.74, 6) is 0.801. The van der Waals surface area contributed by atoms with Crippen LogP contribution < -0.4 is 14.2 Å². The predicted molar refractivity (Wildman–Crippen MR) is 140 cm³/mol. The lowest BCUT2D eigenvalue weighted by molar-refractivity contribution is -0.116. The number of hydrogen-bond donors (Lipinski definition) is 0. The van der Waals surface area contributed by atoms with Gasteiger partial charge in [-0.15, -0.1) is 11.3 Å². The lowest BCUT2D eigenvalue weighted by Crippen LogP contribution is -2.13. The highest BCUT2D eigenvalue weighted by atomic mass is 32.1. The number of hydrogen-bond acceptors (Lipinski definition) is 10. The van der Waals surface area contributed by atoms with E-state index in [1.165, 1.54) is 32.5 Å². The monoisotopic (exact) mass is 529 g/mol. The van der Waals surface area contributed by atoms with Gasteiger partial charge in [0.05, 0.1) is 18.9 Å². The Morgan fingerprint density at radius 1 is 0.892 bits per heavy atom. The van der Waals surface area contributed by atoms with Crippen LogP contribution in [0.4, 0.5) is 0 Å². The van der Waals surface area contributed by atoms with Crippen molar-refractivity contribution in [2.75, 3.05) is 41.0 Å². The molecule has 3 aromatic rings. The van der Waals surface area contributed by atoms with Crippen LogP contribution in [0.2, 0.25) is 0 Å². The van der Waals surface area contributed by atoms with Gasteiger partial charge in [0.2, 0.25) is 0 Å². The van der Waals surface area contributed by atoms with Crippen molar-refractivity contribution in [2.24, 2.45) is 0 Å². The molecule has 198 valence electrons. The van der Waals surface area contributed by atoms with Crippen molar-refractivity contribution in [1.82, 2.24) is 4.98 Å². The average molecular weight is 530 g/mol. The smallest absolute Gasteiger partial charge is 0.344 e. The molecule has 9 nitrogen and oxygen atoms in total. The third-order valence-corrected chi connectivity index (χ3v) is 5.94. The number of aromatic nitrogens is 1. The molecule has 0 amide bonds. The van der Waals surface area contributed by atoms with Crippen LogP contribution in [0.15, 0.2) is 35.7 Å². The van der Waals surface area contributed by atoms with Crippen LogP contribution >= 0.6 is 11.3 Å². The molecule has 3 rings (SSSR count). The van der Waals surface area contributed by atoms with Crippen molar-refractivity contribution >= 4 is 23.1 Å². The molecular weight excluding hydrogens is 498 g/mol. The minimum Gasteiger partial charge on any atom is -0.490 e. The molecule has 0 unspecified atom stereocenters. The first-order valence-electron chi connectivity index (χ1n) is 11.7. The molecule has 1 aromatic heterocycles. The summed E-state index contributed by atoms with van der Waals surface area (Å²) in [5.41, 5.74) is 2.82. The van der Waals surface area contributed by atoms with Crippen LogP contribution in [-0.2, 0) is 25.4 Å². The lowest BCUT2D eigenvalue weighted by Gasteiger charge is -2.16. The highest BCUT2D eigenvalue weighted by Gasteiger charge is 2.22. The summed E-state index contributed by atoms with van der Waals surface area (Å²) in [5, 5.41) is 2.65. The molecule has 0 N–H and O–H groups in total. The molecule has 0 spiro atoms. The van der Waals surface area contributed by atoms with Crippen molar-refractivity contribution in [1.29, 1.82) is 0 Å². The van der Waals surface area contributed by atoms with E-state index in [0.717, 1.165) is 10.6 Å². The number of ether oxygens (including phenoxy) is 6. The maximum atomic E-state index is 12.9. The van der Waals surface area contributed by atoms with Crippen molar-refractivity contribution < 1.29 is 38.0 Å². The Labute approximate surface area is 220 Å². The molecule has 0 fully saturated rings. The van der Waals surface area contributed by atoms with Crippen molar-refractivity contribution in [3.8, 4) is 39.1 Å². The summed E-state index contributed by atoms with van der Waals surface area (Å²) in [7, 11) is 2.89. The van der Waals surface area contributed by atoms with Crippen LogP contribution in [0.3, 0.4) is 0 Å². The van der Waals surface area contributed by atoms with Crippen LogP contribution in [-0.4, -0.2) is 57.8 Å². The zero-order valence-electron chi connectivity index (χ0n) is 21.6. The molecule has 0 radical (unpaired) electrons. The third kappa shape index (κ3) is 7.28. The van der Waals surface area contributed by atoms with E-state index in [4.69, 9.17) is 33.4 Å². The Bertz CT molecular complexity index is 1220. The first-order valence-corrected chi connectivity index (χ1v) is 12.6. The Morgan fingerprint density at radius 3 is 2.30 bits per heavy atom. The maximum absolute atomic E-state index is 12.9. The van der Waals surface area contributed by atoms with E-state index in [-0.39, 0.29) is 37.1 Å². The van der Waals surface area contributed by atoms with Crippen molar-refractivity contribution in [3.63, 3.8) is 0 Å². The Balaban J connectivity index is 2.06. The number of carbonyl (C=O) groups excluding carboxylic acids is 2. The number of esters is 1. The van der Waals surface area contributed by atoms with Gasteiger partial charge in [-0.2, -0.15) is 0 Å². The minimum absolute atomic E-state index is 0.0606. The fourth-order valence-corrected chi connectivity index (χ4v) is 4.42.